The summed E-state index contributed by atoms with van der Waals surface area (Å²) in [7, 11) is 1.43. The first-order chi connectivity index (χ1) is 10.0. The van der Waals surface area contributed by atoms with Gasteiger partial charge >= 0.3 is 0 Å². The molecule has 1 heterocycles. The van der Waals surface area contributed by atoms with Crippen molar-refractivity contribution in [3.63, 3.8) is 0 Å². The number of hydrogen-bond donors (Lipinski definition) is 2. The summed E-state index contributed by atoms with van der Waals surface area (Å²) in [4.78, 5) is 37.0. The molecule has 3 amide bonds. The first-order valence-corrected chi connectivity index (χ1v) is 7.00. The molecule has 1 fully saturated rings. The highest BCUT2D eigenvalue weighted by Crippen LogP contribution is 2.32. The molecular weight excluding hydrogens is 270 g/mol. The van der Waals surface area contributed by atoms with E-state index >= 15 is 0 Å². The summed E-state index contributed by atoms with van der Waals surface area (Å²) in [6.45, 7) is 0.404. The van der Waals surface area contributed by atoms with Gasteiger partial charge in [0.2, 0.25) is 0 Å². The Labute approximate surface area is 122 Å². The van der Waals surface area contributed by atoms with Gasteiger partial charge in [0.05, 0.1) is 11.1 Å². The van der Waals surface area contributed by atoms with E-state index in [1.807, 2.05) is 0 Å². The topological polar surface area (TPSA) is 92.5 Å². The summed E-state index contributed by atoms with van der Waals surface area (Å²) in [6.07, 6.45) is 2.17. The SMILES string of the molecule is CN1C(=O)c2ccc(C(=O)NC(CN)C3CC3)cc2C1=O. The number of hydrogen-bond acceptors (Lipinski definition) is 4. The van der Waals surface area contributed by atoms with Crippen molar-refractivity contribution >= 4 is 17.7 Å². The molecule has 0 spiro atoms. The number of nitrogens with two attached hydrogens (primary N) is 1. The van der Waals surface area contributed by atoms with Crippen LogP contribution in [0.1, 0.15) is 43.9 Å². The van der Waals surface area contributed by atoms with E-state index in [2.05, 4.69) is 5.32 Å². The molecule has 1 aromatic rings. The Kier molecular flexibility index (Phi) is 3.25. The molecule has 1 aliphatic heterocycles. The van der Waals surface area contributed by atoms with Crippen molar-refractivity contribution in [2.45, 2.75) is 18.9 Å². The Balaban J connectivity index is 1.82. The molecular formula is C15H17N3O3. The van der Waals surface area contributed by atoms with Crippen molar-refractivity contribution < 1.29 is 14.4 Å². The van der Waals surface area contributed by atoms with Gasteiger partial charge in [-0.25, -0.2) is 0 Å². The highest BCUT2D eigenvalue weighted by Gasteiger charge is 2.34. The van der Waals surface area contributed by atoms with E-state index in [9.17, 15) is 14.4 Å². The quantitative estimate of drug-likeness (QED) is 0.783. The molecule has 110 valence electrons. The van der Waals surface area contributed by atoms with Crippen LogP contribution in [0, 0.1) is 5.92 Å². The highest BCUT2D eigenvalue weighted by atomic mass is 16.2. The number of benzene rings is 1. The van der Waals surface area contributed by atoms with Gasteiger partial charge in [-0.1, -0.05) is 0 Å². The number of carbonyl (C=O) groups excluding carboxylic acids is 3. The van der Waals surface area contributed by atoms with Crippen LogP contribution >= 0.6 is 0 Å². The fourth-order valence-electron chi connectivity index (χ4n) is 2.62. The lowest BCUT2D eigenvalue weighted by Gasteiger charge is -2.16. The van der Waals surface area contributed by atoms with Crippen molar-refractivity contribution in [2.75, 3.05) is 13.6 Å². The molecule has 1 unspecified atom stereocenters. The standard InChI is InChI=1S/C15H17N3O3/c1-18-14(20)10-5-4-9(6-11(10)15(18)21)13(19)17-12(7-16)8-2-3-8/h4-6,8,12H,2-3,7,16H2,1H3,(H,17,19). The lowest BCUT2D eigenvalue weighted by molar-refractivity contribution is 0.0693. The van der Waals surface area contributed by atoms with E-state index in [0.29, 0.717) is 23.6 Å². The third kappa shape index (κ3) is 2.31. The Hall–Kier alpha value is -2.21. The third-order valence-corrected chi connectivity index (χ3v) is 4.11. The van der Waals surface area contributed by atoms with Gasteiger partial charge in [-0.05, 0) is 37.0 Å². The van der Waals surface area contributed by atoms with Gasteiger partial charge < -0.3 is 11.1 Å². The summed E-state index contributed by atoms with van der Waals surface area (Å²) in [5, 5.41) is 2.90. The number of rotatable bonds is 4. The van der Waals surface area contributed by atoms with Crippen molar-refractivity contribution in [2.24, 2.45) is 11.7 Å². The monoisotopic (exact) mass is 287 g/mol. The van der Waals surface area contributed by atoms with E-state index in [0.717, 1.165) is 17.7 Å². The molecule has 0 radical (unpaired) electrons. The van der Waals surface area contributed by atoms with Gasteiger partial charge in [-0.3, -0.25) is 19.3 Å². The van der Waals surface area contributed by atoms with Gasteiger partial charge in [-0.15, -0.1) is 0 Å². The average molecular weight is 287 g/mol. The third-order valence-electron chi connectivity index (χ3n) is 4.11. The summed E-state index contributed by atoms with van der Waals surface area (Å²) < 4.78 is 0. The van der Waals surface area contributed by atoms with Gasteiger partial charge in [0.1, 0.15) is 0 Å². The van der Waals surface area contributed by atoms with Gasteiger partial charge in [0.25, 0.3) is 17.7 Å². The number of carbonyl (C=O) groups is 3. The van der Waals surface area contributed by atoms with Crippen LogP contribution in [0.5, 0.6) is 0 Å². The molecule has 6 heteroatoms. The van der Waals surface area contributed by atoms with Crippen LogP contribution in [0.25, 0.3) is 0 Å². The molecule has 21 heavy (non-hydrogen) atoms. The fourth-order valence-corrected chi connectivity index (χ4v) is 2.62. The maximum absolute atomic E-state index is 12.2. The highest BCUT2D eigenvalue weighted by molar-refractivity contribution is 6.21. The van der Waals surface area contributed by atoms with E-state index in [1.165, 1.54) is 19.2 Å². The predicted octanol–water partition coefficient (Wildman–Crippen LogP) is 0.379. The Morgan fingerprint density at radius 2 is 2.00 bits per heavy atom. The summed E-state index contributed by atoms with van der Waals surface area (Å²) in [5.74, 6) is -0.500. The molecule has 3 rings (SSSR count). The summed E-state index contributed by atoms with van der Waals surface area (Å²) in [5.41, 5.74) is 6.67. The maximum Gasteiger partial charge on any atom is 0.261 e. The zero-order valence-electron chi connectivity index (χ0n) is 11.8. The van der Waals surface area contributed by atoms with Crippen LogP contribution in [0.15, 0.2) is 18.2 Å². The Morgan fingerprint density at radius 1 is 1.33 bits per heavy atom. The zero-order valence-corrected chi connectivity index (χ0v) is 11.8. The first-order valence-electron chi connectivity index (χ1n) is 7.00. The second-order valence-corrected chi connectivity index (χ2v) is 5.58. The fraction of sp³-hybridized carbons (Fsp3) is 0.400. The molecule has 3 N–H and O–H groups in total. The average Bonchev–Trinajstić information content (AvgIpc) is 3.31. The van der Waals surface area contributed by atoms with Gasteiger partial charge in [-0.2, -0.15) is 0 Å². The zero-order chi connectivity index (χ0) is 15.1. The minimum atomic E-state index is -0.373. The summed E-state index contributed by atoms with van der Waals surface area (Å²) in [6, 6.07) is 4.56. The van der Waals surface area contributed by atoms with E-state index in [-0.39, 0.29) is 29.3 Å². The molecule has 6 nitrogen and oxygen atoms in total. The van der Waals surface area contributed by atoms with Crippen LogP contribution in [-0.2, 0) is 0 Å². The molecule has 1 aliphatic carbocycles. The largest absolute Gasteiger partial charge is 0.348 e. The molecule has 2 aliphatic rings. The van der Waals surface area contributed by atoms with Crippen LogP contribution in [0.4, 0.5) is 0 Å². The smallest absolute Gasteiger partial charge is 0.261 e. The number of imide groups is 1. The number of nitrogens with zero attached hydrogens (tertiary/aromatic N) is 1. The van der Waals surface area contributed by atoms with Gasteiger partial charge in [0.15, 0.2) is 0 Å². The molecule has 0 bridgehead atoms. The first kappa shape index (κ1) is 13.8. The lowest BCUT2D eigenvalue weighted by Crippen LogP contribution is -2.41. The minimum absolute atomic E-state index is 0.0224. The molecule has 1 saturated carbocycles. The molecule has 0 saturated heterocycles. The van der Waals surface area contributed by atoms with Crippen LogP contribution < -0.4 is 11.1 Å². The summed E-state index contributed by atoms with van der Waals surface area (Å²) >= 11 is 0. The Bertz CT molecular complexity index is 637. The van der Waals surface area contributed by atoms with Crippen LogP contribution in [0.3, 0.4) is 0 Å². The number of fused-ring (bicyclic) bond motifs is 1. The second-order valence-electron chi connectivity index (χ2n) is 5.58. The number of nitrogens with one attached hydrogen (secondary N) is 1. The maximum atomic E-state index is 12.2. The van der Waals surface area contributed by atoms with Crippen molar-refractivity contribution in [3.8, 4) is 0 Å². The molecule has 0 aromatic heterocycles. The van der Waals surface area contributed by atoms with E-state index in [4.69, 9.17) is 5.73 Å². The van der Waals surface area contributed by atoms with Crippen LogP contribution in [0.2, 0.25) is 0 Å². The minimum Gasteiger partial charge on any atom is -0.348 e. The lowest BCUT2D eigenvalue weighted by atomic mass is 10.0. The predicted molar refractivity (Wildman–Crippen MR) is 75.9 cm³/mol. The van der Waals surface area contributed by atoms with E-state index < -0.39 is 0 Å². The van der Waals surface area contributed by atoms with Crippen molar-refractivity contribution in [1.82, 2.24) is 10.2 Å². The molecule has 1 atom stereocenters. The number of amides is 3. The van der Waals surface area contributed by atoms with Crippen molar-refractivity contribution in [3.05, 3.63) is 34.9 Å². The molecule has 1 aromatic carbocycles. The van der Waals surface area contributed by atoms with Crippen molar-refractivity contribution in [1.29, 1.82) is 0 Å². The Morgan fingerprint density at radius 3 is 2.62 bits per heavy atom. The normalized spacial score (nSPS) is 18.7. The van der Waals surface area contributed by atoms with Crippen LogP contribution in [-0.4, -0.2) is 42.3 Å². The van der Waals surface area contributed by atoms with E-state index in [1.54, 1.807) is 6.07 Å². The second kappa shape index (κ2) is 4.96. The van der Waals surface area contributed by atoms with Gasteiger partial charge in [0, 0.05) is 25.2 Å².